The Kier molecular flexibility index (Phi) is 9.26. The zero-order chi connectivity index (χ0) is 27.9. The average Bonchev–Trinajstić information content (AvgIpc) is 3.22. The number of aliphatic imine (C=N–C) groups is 1. The summed E-state index contributed by atoms with van der Waals surface area (Å²) in [5.41, 5.74) is 2.27. The molecule has 0 unspecified atom stereocenters. The molecule has 0 bridgehead atoms. The Balaban J connectivity index is 1.57. The number of amidine groups is 1. The monoisotopic (exact) mass is 611 g/mol. The van der Waals surface area contributed by atoms with Gasteiger partial charge >= 0.3 is 0 Å². The normalized spacial score (nSPS) is 15.2. The number of ether oxygens (including phenoxy) is 3. The molecular formula is C28H26BrN3O6S. The summed E-state index contributed by atoms with van der Waals surface area (Å²) >= 11 is 4.88. The largest absolute Gasteiger partial charge is 0.497 e. The molecule has 1 fully saturated rings. The molecule has 0 aliphatic carbocycles. The van der Waals surface area contributed by atoms with Crippen LogP contribution in [0.1, 0.15) is 25.0 Å². The van der Waals surface area contributed by atoms with Crippen LogP contribution in [0.25, 0.3) is 6.08 Å². The van der Waals surface area contributed by atoms with Gasteiger partial charge in [-0.15, -0.1) is 0 Å². The van der Waals surface area contributed by atoms with E-state index in [0.717, 1.165) is 22.6 Å². The molecule has 0 aromatic heterocycles. The second-order valence-corrected chi connectivity index (χ2v) is 10.1. The van der Waals surface area contributed by atoms with E-state index in [0.29, 0.717) is 39.2 Å². The minimum Gasteiger partial charge on any atom is -0.497 e. The highest BCUT2D eigenvalue weighted by Gasteiger charge is 2.32. The molecule has 9 nitrogen and oxygen atoms in total. The fraction of sp³-hybridized carbons (Fsp3) is 0.214. The molecule has 202 valence electrons. The lowest BCUT2D eigenvalue weighted by molar-refractivity contribution is -0.384. The first-order valence-electron chi connectivity index (χ1n) is 12.1. The molecule has 0 radical (unpaired) electrons. The molecular weight excluding hydrogens is 586 g/mol. The SMILES string of the molecule is CCOc1cc(/C=C2/SC(=Nc3ccc(OC)cc3)N(CC)C2=O)cc(Br)c1OCc1ccc([N+](=O)[O-])cc1. The van der Waals surface area contributed by atoms with Gasteiger partial charge in [0.05, 0.1) is 33.7 Å². The zero-order valence-electron chi connectivity index (χ0n) is 21.5. The molecule has 3 aromatic carbocycles. The minimum absolute atomic E-state index is 0.0190. The number of hydrogen-bond donors (Lipinski definition) is 0. The third-order valence-corrected chi connectivity index (χ3v) is 7.26. The second kappa shape index (κ2) is 12.8. The summed E-state index contributed by atoms with van der Waals surface area (Å²) in [6, 6.07) is 17.2. The number of non-ortho nitro benzene ring substituents is 1. The van der Waals surface area contributed by atoms with E-state index in [1.807, 2.05) is 50.2 Å². The number of methoxy groups -OCH3 is 1. The van der Waals surface area contributed by atoms with Crippen molar-refractivity contribution in [1.29, 1.82) is 0 Å². The van der Waals surface area contributed by atoms with E-state index in [9.17, 15) is 14.9 Å². The standard InChI is InChI=1S/C28H26BrN3O6S/c1-4-31-27(33)25(39-28(31)30-20-8-12-22(36-3)13-9-20)16-19-14-23(29)26(24(15-19)37-5-2)38-17-18-6-10-21(11-7-18)32(34)35/h6-16H,4-5,17H2,1-3H3/b25-16+,30-28?. The molecule has 1 heterocycles. The van der Waals surface area contributed by atoms with Crippen LogP contribution in [0.5, 0.6) is 17.2 Å². The zero-order valence-corrected chi connectivity index (χ0v) is 24.0. The van der Waals surface area contributed by atoms with E-state index in [4.69, 9.17) is 14.2 Å². The number of amides is 1. The van der Waals surface area contributed by atoms with E-state index < -0.39 is 4.92 Å². The summed E-state index contributed by atoms with van der Waals surface area (Å²) < 4.78 is 17.7. The van der Waals surface area contributed by atoms with Crippen molar-refractivity contribution in [2.75, 3.05) is 20.3 Å². The predicted molar refractivity (Wildman–Crippen MR) is 156 cm³/mol. The lowest BCUT2D eigenvalue weighted by Gasteiger charge is -2.15. The van der Waals surface area contributed by atoms with Crippen molar-refractivity contribution >= 4 is 56.2 Å². The Labute approximate surface area is 238 Å². The second-order valence-electron chi connectivity index (χ2n) is 8.23. The first kappa shape index (κ1) is 28.2. The third-order valence-electron chi connectivity index (χ3n) is 5.66. The van der Waals surface area contributed by atoms with Gasteiger partial charge in [0.25, 0.3) is 11.6 Å². The van der Waals surface area contributed by atoms with E-state index in [1.54, 1.807) is 30.2 Å². The molecule has 1 saturated heterocycles. The van der Waals surface area contributed by atoms with Crippen LogP contribution in [0.4, 0.5) is 11.4 Å². The number of carbonyl (C=O) groups is 1. The number of hydrogen-bond acceptors (Lipinski definition) is 8. The van der Waals surface area contributed by atoms with Crippen molar-refractivity contribution in [1.82, 2.24) is 4.90 Å². The number of nitro groups is 1. The fourth-order valence-electron chi connectivity index (χ4n) is 3.73. The molecule has 1 aliphatic heterocycles. The Morgan fingerprint density at radius 3 is 2.41 bits per heavy atom. The maximum atomic E-state index is 13.2. The van der Waals surface area contributed by atoms with Crippen LogP contribution in [0.15, 0.2) is 75.0 Å². The van der Waals surface area contributed by atoms with E-state index in [-0.39, 0.29) is 18.2 Å². The number of halogens is 1. The number of nitro benzene ring substituents is 1. The number of benzene rings is 3. The van der Waals surface area contributed by atoms with Crippen molar-refractivity contribution in [3.63, 3.8) is 0 Å². The summed E-state index contributed by atoms with van der Waals surface area (Å²) in [5, 5.41) is 11.5. The summed E-state index contributed by atoms with van der Waals surface area (Å²) in [6.07, 6.45) is 1.81. The molecule has 4 rings (SSSR count). The number of rotatable bonds is 10. The molecule has 0 N–H and O–H groups in total. The van der Waals surface area contributed by atoms with Crippen molar-refractivity contribution < 1.29 is 23.9 Å². The lowest BCUT2D eigenvalue weighted by atomic mass is 10.1. The minimum atomic E-state index is -0.442. The Morgan fingerprint density at radius 1 is 1.08 bits per heavy atom. The van der Waals surface area contributed by atoms with Crippen LogP contribution >= 0.6 is 27.7 Å². The molecule has 39 heavy (non-hydrogen) atoms. The summed E-state index contributed by atoms with van der Waals surface area (Å²) in [5.74, 6) is 1.62. The maximum absolute atomic E-state index is 13.2. The first-order chi connectivity index (χ1) is 18.8. The highest BCUT2D eigenvalue weighted by atomic mass is 79.9. The Hall–Kier alpha value is -3.83. The summed E-state index contributed by atoms with van der Waals surface area (Å²) in [7, 11) is 1.61. The molecule has 0 saturated carbocycles. The van der Waals surface area contributed by atoms with Crippen LogP contribution in [-0.2, 0) is 11.4 Å². The number of likely N-dealkylation sites (N-methyl/N-ethyl adjacent to an activating group) is 1. The van der Waals surface area contributed by atoms with Gasteiger partial charge in [-0.05, 0) is 107 Å². The van der Waals surface area contributed by atoms with Gasteiger partial charge < -0.3 is 14.2 Å². The third kappa shape index (κ3) is 6.79. The molecule has 0 atom stereocenters. The molecule has 0 spiro atoms. The van der Waals surface area contributed by atoms with Crippen molar-refractivity contribution in [2.24, 2.45) is 4.99 Å². The first-order valence-corrected chi connectivity index (χ1v) is 13.7. The number of carbonyl (C=O) groups excluding carboxylic acids is 1. The average molecular weight is 613 g/mol. The van der Waals surface area contributed by atoms with Crippen LogP contribution in [-0.4, -0.2) is 41.2 Å². The van der Waals surface area contributed by atoms with Crippen LogP contribution in [0.3, 0.4) is 0 Å². The van der Waals surface area contributed by atoms with Gasteiger partial charge in [-0.3, -0.25) is 19.8 Å². The maximum Gasteiger partial charge on any atom is 0.269 e. The van der Waals surface area contributed by atoms with Crippen LogP contribution < -0.4 is 14.2 Å². The lowest BCUT2D eigenvalue weighted by Crippen LogP contribution is -2.28. The van der Waals surface area contributed by atoms with Gasteiger partial charge in [0.1, 0.15) is 12.4 Å². The summed E-state index contributed by atoms with van der Waals surface area (Å²) in [4.78, 5) is 30.5. The van der Waals surface area contributed by atoms with Crippen LogP contribution in [0, 0.1) is 10.1 Å². The van der Waals surface area contributed by atoms with Gasteiger partial charge in [-0.25, -0.2) is 4.99 Å². The fourth-order valence-corrected chi connectivity index (χ4v) is 5.37. The molecule has 1 amide bonds. The van der Waals surface area contributed by atoms with Crippen LogP contribution in [0.2, 0.25) is 0 Å². The van der Waals surface area contributed by atoms with Crippen molar-refractivity contribution in [2.45, 2.75) is 20.5 Å². The van der Waals surface area contributed by atoms with Gasteiger partial charge in [-0.2, -0.15) is 0 Å². The van der Waals surface area contributed by atoms with E-state index in [1.165, 1.54) is 23.9 Å². The molecule has 3 aromatic rings. The van der Waals surface area contributed by atoms with Gasteiger partial charge in [0.2, 0.25) is 0 Å². The Morgan fingerprint density at radius 2 is 1.79 bits per heavy atom. The quantitative estimate of drug-likeness (QED) is 0.138. The van der Waals surface area contributed by atoms with E-state index >= 15 is 0 Å². The topological polar surface area (TPSA) is 104 Å². The number of thioether (sulfide) groups is 1. The smallest absolute Gasteiger partial charge is 0.269 e. The van der Waals surface area contributed by atoms with Gasteiger partial charge in [-0.1, -0.05) is 0 Å². The van der Waals surface area contributed by atoms with Gasteiger partial charge in [0.15, 0.2) is 16.7 Å². The van der Waals surface area contributed by atoms with Crippen molar-refractivity contribution in [3.8, 4) is 17.2 Å². The van der Waals surface area contributed by atoms with Gasteiger partial charge in [0, 0.05) is 18.7 Å². The highest BCUT2D eigenvalue weighted by molar-refractivity contribution is 9.10. The highest BCUT2D eigenvalue weighted by Crippen LogP contribution is 2.40. The number of nitrogens with zero attached hydrogens (tertiary/aromatic N) is 3. The molecule has 1 aliphatic rings. The summed E-state index contributed by atoms with van der Waals surface area (Å²) in [6.45, 7) is 4.88. The van der Waals surface area contributed by atoms with Crippen molar-refractivity contribution in [3.05, 3.63) is 91.3 Å². The van der Waals surface area contributed by atoms with E-state index in [2.05, 4.69) is 20.9 Å². The Bertz CT molecular complexity index is 1420. The molecule has 11 heteroatoms. The predicted octanol–water partition coefficient (Wildman–Crippen LogP) is 6.97.